The predicted octanol–water partition coefficient (Wildman–Crippen LogP) is 0.307. The summed E-state index contributed by atoms with van der Waals surface area (Å²) in [4.78, 5) is 28.4. The van der Waals surface area contributed by atoms with Gasteiger partial charge in [0, 0.05) is 6.07 Å². The average molecular weight is 211 g/mol. The van der Waals surface area contributed by atoms with Gasteiger partial charge in [-0.05, 0) is 20.8 Å². The van der Waals surface area contributed by atoms with Crippen LogP contribution in [0.5, 0.6) is 0 Å². The quantitative estimate of drug-likeness (QED) is 0.651. The van der Waals surface area contributed by atoms with Crippen LogP contribution >= 0.6 is 0 Å². The molecule has 0 unspecified atom stereocenters. The normalized spacial score (nSPS) is 11.1. The molecule has 0 atom stereocenters. The number of nitrogens with one attached hydrogen (secondary N) is 1. The van der Waals surface area contributed by atoms with Gasteiger partial charge in [-0.25, -0.2) is 9.78 Å². The number of hydrogen-bond donors (Lipinski definition) is 2. The number of nitrogen functional groups attached to an aromatic ring is 1. The van der Waals surface area contributed by atoms with Crippen LogP contribution in [0.3, 0.4) is 0 Å². The molecule has 1 rings (SSSR count). The third kappa shape index (κ3) is 3.41. The summed E-state index contributed by atoms with van der Waals surface area (Å²) in [7, 11) is 0. The molecule has 0 saturated carbocycles. The first-order valence-corrected chi connectivity index (χ1v) is 4.38. The Kier molecular flexibility index (Phi) is 2.78. The van der Waals surface area contributed by atoms with Crippen molar-refractivity contribution in [3.8, 4) is 0 Å². The minimum absolute atomic E-state index is 0.0915. The van der Waals surface area contributed by atoms with E-state index in [1.165, 1.54) is 0 Å². The molecule has 0 aliphatic rings. The van der Waals surface area contributed by atoms with Crippen LogP contribution in [-0.4, -0.2) is 21.5 Å². The van der Waals surface area contributed by atoms with Crippen molar-refractivity contribution in [1.29, 1.82) is 0 Å². The fourth-order valence-corrected chi connectivity index (χ4v) is 0.911. The van der Waals surface area contributed by atoms with Crippen LogP contribution in [0.1, 0.15) is 31.3 Å². The second-order valence-electron chi connectivity index (χ2n) is 4.02. The Bertz CT molecular complexity index is 431. The highest BCUT2D eigenvalue weighted by Gasteiger charge is 2.19. The SMILES string of the molecule is CC(C)(C)OC(=O)c1cc(=O)[nH]c(N)n1. The molecular formula is C9H13N3O3. The van der Waals surface area contributed by atoms with Crippen molar-refractivity contribution in [2.24, 2.45) is 0 Å². The largest absolute Gasteiger partial charge is 0.455 e. The molecule has 1 aromatic heterocycles. The predicted molar refractivity (Wildman–Crippen MR) is 54.4 cm³/mol. The standard InChI is InChI=1S/C9H13N3O3/c1-9(2,3)15-7(14)5-4-6(13)12-8(10)11-5/h4H,1-3H3,(H3,10,11,12,13). The number of carbonyl (C=O) groups is 1. The maximum Gasteiger partial charge on any atom is 0.357 e. The molecule has 0 aliphatic heterocycles. The van der Waals surface area contributed by atoms with Crippen LogP contribution in [0.15, 0.2) is 10.9 Å². The van der Waals surface area contributed by atoms with E-state index in [2.05, 4.69) is 9.97 Å². The van der Waals surface area contributed by atoms with Crippen LogP contribution in [0.25, 0.3) is 0 Å². The molecule has 1 heterocycles. The molecule has 0 bridgehead atoms. The topological polar surface area (TPSA) is 98.1 Å². The summed E-state index contributed by atoms with van der Waals surface area (Å²) in [6.07, 6.45) is 0. The van der Waals surface area contributed by atoms with Crippen molar-refractivity contribution in [3.63, 3.8) is 0 Å². The lowest BCUT2D eigenvalue weighted by molar-refractivity contribution is 0.00626. The lowest BCUT2D eigenvalue weighted by Crippen LogP contribution is -2.26. The van der Waals surface area contributed by atoms with E-state index in [9.17, 15) is 9.59 Å². The fourth-order valence-electron chi connectivity index (χ4n) is 0.911. The Morgan fingerprint density at radius 2 is 2.13 bits per heavy atom. The molecule has 0 fully saturated rings. The number of hydrogen-bond acceptors (Lipinski definition) is 5. The maximum absolute atomic E-state index is 11.5. The molecule has 82 valence electrons. The summed E-state index contributed by atoms with van der Waals surface area (Å²) in [5.74, 6) is -0.774. The minimum Gasteiger partial charge on any atom is -0.455 e. The maximum atomic E-state index is 11.5. The van der Waals surface area contributed by atoms with Crippen LogP contribution < -0.4 is 11.3 Å². The molecule has 3 N–H and O–H groups in total. The van der Waals surface area contributed by atoms with Gasteiger partial charge < -0.3 is 10.5 Å². The van der Waals surface area contributed by atoms with Crippen LogP contribution in [0.2, 0.25) is 0 Å². The fraction of sp³-hybridized carbons (Fsp3) is 0.444. The summed E-state index contributed by atoms with van der Waals surface area (Å²) < 4.78 is 5.02. The molecule has 0 spiro atoms. The van der Waals surface area contributed by atoms with E-state index >= 15 is 0 Å². The molecule has 0 radical (unpaired) electrons. The number of H-pyrrole nitrogens is 1. The Hall–Kier alpha value is -1.85. The summed E-state index contributed by atoms with van der Waals surface area (Å²) in [5.41, 5.74) is 4.08. The Balaban J connectivity index is 2.97. The first kappa shape index (κ1) is 11.2. The Morgan fingerprint density at radius 1 is 1.53 bits per heavy atom. The zero-order valence-electron chi connectivity index (χ0n) is 8.83. The number of aromatic amines is 1. The monoisotopic (exact) mass is 211 g/mol. The number of rotatable bonds is 1. The first-order chi connectivity index (χ1) is 6.78. The second kappa shape index (κ2) is 3.72. The summed E-state index contributed by atoms with van der Waals surface area (Å²) in [5, 5.41) is 0. The number of carbonyl (C=O) groups excluding carboxylic acids is 1. The van der Waals surface area contributed by atoms with E-state index in [-0.39, 0.29) is 11.6 Å². The van der Waals surface area contributed by atoms with Gasteiger partial charge >= 0.3 is 5.97 Å². The first-order valence-electron chi connectivity index (χ1n) is 4.38. The molecule has 0 saturated heterocycles. The van der Waals surface area contributed by atoms with Crippen molar-refractivity contribution in [3.05, 3.63) is 22.1 Å². The van der Waals surface area contributed by atoms with Crippen LogP contribution in [-0.2, 0) is 4.74 Å². The van der Waals surface area contributed by atoms with E-state index in [0.717, 1.165) is 6.07 Å². The van der Waals surface area contributed by atoms with Gasteiger partial charge in [0.25, 0.3) is 5.56 Å². The van der Waals surface area contributed by atoms with E-state index < -0.39 is 17.1 Å². The van der Waals surface area contributed by atoms with Gasteiger partial charge in [-0.15, -0.1) is 0 Å². The van der Waals surface area contributed by atoms with Gasteiger partial charge in [0.2, 0.25) is 5.95 Å². The van der Waals surface area contributed by atoms with E-state index in [1.807, 2.05) is 0 Å². The number of nitrogens with two attached hydrogens (primary N) is 1. The van der Waals surface area contributed by atoms with Crippen molar-refractivity contribution in [1.82, 2.24) is 9.97 Å². The van der Waals surface area contributed by atoms with E-state index in [4.69, 9.17) is 10.5 Å². The van der Waals surface area contributed by atoms with Gasteiger partial charge in [-0.3, -0.25) is 9.78 Å². The highest BCUT2D eigenvalue weighted by Crippen LogP contribution is 2.09. The molecular weight excluding hydrogens is 198 g/mol. The molecule has 0 amide bonds. The number of anilines is 1. The van der Waals surface area contributed by atoms with Gasteiger partial charge in [0.05, 0.1) is 0 Å². The molecule has 6 heteroatoms. The highest BCUT2D eigenvalue weighted by molar-refractivity contribution is 5.87. The zero-order valence-corrected chi connectivity index (χ0v) is 8.83. The minimum atomic E-state index is -0.666. The van der Waals surface area contributed by atoms with Gasteiger partial charge in [0.1, 0.15) is 5.60 Å². The third-order valence-corrected chi connectivity index (χ3v) is 1.37. The summed E-state index contributed by atoms with van der Waals surface area (Å²) >= 11 is 0. The number of ether oxygens (including phenoxy) is 1. The average Bonchev–Trinajstić information content (AvgIpc) is 1.98. The number of aromatic nitrogens is 2. The lowest BCUT2D eigenvalue weighted by atomic mass is 10.2. The molecule has 0 aromatic carbocycles. The molecule has 0 aliphatic carbocycles. The molecule has 6 nitrogen and oxygen atoms in total. The molecule has 1 aromatic rings. The Labute approximate surface area is 86.5 Å². The smallest absolute Gasteiger partial charge is 0.357 e. The van der Waals surface area contributed by atoms with Crippen molar-refractivity contribution < 1.29 is 9.53 Å². The van der Waals surface area contributed by atoms with Gasteiger partial charge in [-0.1, -0.05) is 0 Å². The van der Waals surface area contributed by atoms with E-state index in [1.54, 1.807) is 20.8 Å². The summed E-state index contributed by atoms with van der Waals surface area (Å²) in [6.45, 7) is 5.17. The van der Waals surface area contributed by atoms with Crippen LogP contribution in [0.4, 0.5) is 5.95 Å². The van der Waals surface area contributed by atoms with Crippen LogP contribution in [0, 0.1) is 0 Å². The Morgan fingerprint density at radius 3 is 2.60 bits per heavy atom. The second-order valence-corrected chi connectivity index (χ2v) is 4.02. The van der Waals surface area contributed by atoms with Gasteiger partial charge in [0.15, 0.2) is 5.69 Å². The third-order valence-electron chi connectivity index (χ3n) is 1.37. The van der Waals surface area contributed by atoms with Crippen molar-refractivity contribution >= 4 is 11.9 Å². The molecule has 15 heavy (non-hydrogen) atoms. The van der Waals surface area contributed by atoms with Crippen molar-refractivity contribution in [2.45, 2.75) is 26.4 Å². The number of nitrogens with zero attached hydrogens (tertiary/aromatic N) is 1. The number of esters is 1. The van der Waals surface area contributed by atoms with Crippen molar-refractivity contribution in [2.75, 3.05) is 5.73 Å². The highest BCUT2D eigenvalue weighted by atomic mass is 16.6. The lowest BCUT2D eigenvalue weighted by Gasteiger charge is -2.18. The summed E-state index contributed by atoms with van der Waals surface area (Å²) in [6, 6.07) is 1.05. The van der Waals surface area contributed by atoms with Gasteiger partial charge in [-0.2, -0.15) is 0 Å². The van der Waals surface area contributed by atoms with E-state index in [0.29, 0.717) is 0 Å². The zero-order chi connectivity index (χ0) is 11.6.